The molecule has 1 aromatic carbocycles. The Balaban J connectivity index is 2.18. The van der Waals surface area contributed by atoms with E-state index < -0.39 is 11.8 Å². The molecule has 0 amide bonds. The first-order chi connectivity index (χ1) is 13.5. The molecule has 1 aliphatic heterocycles. The van der Waals surface area contributed by atoms with Crippen molar-refractivity contribution in [3.05, 3.63) is 52.8 Å². The molecule has 2 aromatic rings. The van der Waals surface area contributed by atoms with Gasteiger partial charge in [-0.3, -0.25) is 9.79 Å². The van der Waals surface area contributed by atoms with Crippen LogP contribution in [0, 0.1) is 24.2 Å². The van der Waals surface area contributed by atoms with Gasteiger partial charge in [-0.1, -0.05) is 24.2 Å². The Hall–Kier alpha value is -3.27. The first-order valence-corrected chi connectivity index (χ1v) is 9.19. The van der Waals surface area contributed by atoms with Crippen LogP contribution in [0.4, 0.5) is 0 Å². The van der Waals surface area contributed by atoms with Crippen molar-refractivity contribution in [3.63, 3.8) is 0 Å². The number of benzene rings is 1. The van der Waals surface area contributed by atoms with Gasteiger partial charge in [0.2, 0.25) is 0 Å². The molecule has 7 nitrogen and oxygen atoms in total. The van der Waals surface area contributed by atoms with E-state index in [1.165, 1.54) is 0 Å². The molecule has 2 atom stereocenters. The third kappa shape index (κ3) is 3.72. The quantitative estimate of drug-likeness (QED) is 0.733. The minimum Gasteiger partial charge on any atom is -0.465 e. The van der Waals surface area contributed by atoms with E-state index in [0.29, 0.717) is 40.9 Å². The number of ether oxygens (including phenoxy) is 1. The van der Waals surface area contributed by atoms with Crippen LogP contribution in [0.25, 0.3) is 5.57 Å². The predicted octanol–water partition coefficient (Wildman–Crippen LogP) is 3.81. The molecule has 0 fully saturated rings. The minimum atomic E-state index is -0.633. The van der Waals surface area contributed by atoms with Crippen molar-refractivity contribution in [3.8, 4) is 6.07 Å². The molecule has 1 aliphatic rings. The second kappa shape index (κ2) is 8.17. The molecule has 0 saturated heterocycles. The zero-order valence-corrected chi connectivity index (χ0v) is 16.4. The van der Waals surface area contributed by atoms with Gasteiger partial charge >= 0.3 is 5.97 Å². The van der Waals surface area contributed by atoms with E-state index in [9.17, 15) is 10.1 Å². The maximum Gasteiger partial charge on any atom is 0.315 e. The van der Waals surface area contributed by atoms with Crippen LogP contribution in [0.3, 0.4) is 0 Å². The number of nitriles is 1. The van der Waals surface area contributed by atoms with Crippen LogP contribution in [0.2, 0.25) is 0 Å². The SMILES string of the molecule is CCCOC(=O)C1C(C)=NC(C)=C(c2nc(C)no2)C1c1cccc(C#N)c1. The van der Waals surface area contributed by atoms with E-state index in [1.807, 2.05) is 26.8 Å². The van der Waals surface area contributed by atoms with Crippen molar-refractivity contribution in [2.45, 2.75) is 40.0 Å². The number of rotatable bonds is 5. The van der Waals surface area contributed by atoms with E-state index in [1.54, 1.807) is 25.1 Å². The third-order valence-electron chi connectivity index (χ3n) is 4.66. The average Bonchev–Trinajstić information content (AvgIpc) is 3.11. The van der Waals surface area contributed by atoms with E-state index in [-0.39, 0.29) is 5.97 Å². The molecule has 0 saturated carbocycles. The Morgan fingerprint density at radius 2 is 2.11 bits per heavy atom. The van der Waals surface area contributed by atoms with E-state index in [2.05, 4.69) is 21.2 Å². The van der Waals surface area contributed by atoms with E-state index in [0.717, 1.165) is 12.0 Å². The molecule has 0 radical (unpaired) electrons. The second-order valence-electron chi connectivity index (χ2n) is 6.76. The number of carbonyl (C=O) groups is 1. The van der Waals surface area contributed by atoms with Gasteiger partial charge in [0.1, 0.15) is 5.92 Å². The summed E-state index contributed by atoms with van der Waals surface area (Å²) >= 11 is 0. The zero-order chi connectivity index (χ0) is 20.3. The molecule has 28 heavy (non-hydrogen) atoms. The number of esters is 1. The summed E-state index contributed by atoms with van der Waals surface area (Å²) in [5.74, 6) is -0.596. The number of hydrogen-bond acceptors (Lipinski definition) is 7. The maximum atomic E-state index is 12.9. The van der Waals surface area contributed by atoms with Crippen LogP contribution in [-0.2, 0) is 9.53 Å². The van der Waals surface area contributed by atoms with Gasteiger partial charge in [0.25, 0.3) is 5.89 Å². The van der Waals surface area contributed by atoms with Crippen LogP contribution < -0.4 is 0 Å². The first-order valence-electron chi connectivity index (χ1n) is 9.19. The summed E-state index contributed by atoms with van der Waals surface area (Å²) in [6, 6.07) is 9.35. The maximum absolute atomic E-state index is 12.9. The lowest BCUT2D eigenvalue weighted by Gasteiger charge is -2.31. The van der Waals surface area contributed by atoms with Crippen molar-refractivity contribution >= 4 is 17.3 Å². The molecule has 2 unspecified atom stereocenters. The Morgan fingerprint density at radius 3 is 2.75 bits per heavy atom. The number of hydrogen-bond donors (Lipinski definition) is 0. The fourth-order valence-electron chi connectivity index (χ4n) is 3.48. The molecular formula is C21H22N4O3. The monoisotopic (exact) mass is 378 g/mol. The number of carbonyl (C=O) groups excluding carboxylic acids is 1. The molecule has 2 heterocycles. The van der Waals surface area contributed by atoms with Crippen LogP contribution in [0.5, 0.6) is 0 Å². The predicted molar refractivity (Wildman–Crippen MR) is 103 cm³/mol. The Kier molecular flexibility index (Phi) is 5.69. The van der Waals surface area contributed by atoms with Crippen molar-refractivity contribution in [1.82, 2.24) is 10.1 Å². The van der Waals surface area contributed by atoms with E-state index in [4.69, 9.17) is 9.26 Å². The van der Waals surface area contributed by atoms with Gasteiger partial charge in [0.15, 0.2) is 5.82 Å². The van der Waals surface area contributed by atoms with Crippen molar-refractivity contribution < 1.29 is 14.1 Å². The normalized spacial score (nSPS) is 19.2. The highest BCUT2D eigenvalue weighted by Crippen LogP contribution is 2.44. The van der Waals surface area contributed by atoms with Gasteiger partial charge in [0, 0.05) is 22.9 Å². The Morgan fingerprint density at radius 1 is 1.32 bits per heavy atom. The third-order valence-corrected chi connectivity index (χ3v) is 4.66. The number of aliphatic imine (C=N–C) groups is 1. The van der Waals surface area contributed by atoms with Crippen LogP contribution in [0.1, 0.15) is 56.0 Å². The second-order valence-corrected chi connectivity index (χ2v) is 6.76. The number of nitrogens with zero attached hydrogens (tertiary/aromatic N) is 4. The number of allylic oxidation sites excluding steroid dienone is 2. The Labute approximate surface area is 163 Å². The molecule has 144 valence electrons. The molecule has 1 aromatic heterocycles. The lowest BCUT2D eigenvalue weighted by Crippen LogP contribution is -2.34. The fraction of sp³-hybridized carbons (Fsp3) is 0.381. The summed E-state index contributed by atoms with van der Waals surface area (Å²) in [6.45, 7) is 7.69. The molecule has 3 rings (SSSR count). The highest BCUT2D eigenvalue weighted by Gasteiger charge is 2.41. The lowest BCUT2D eigenvalue weighted by atomic mass is 9.75. The number of aryl methyl sites for hydroxylation is 1. The minimum absolute atomic E-state index is 0.326. The van der Waals surface area contributed by atoms with Gasteiger partial charge < -0.3 is 9.26 Å². The van der Waals surface area contributed by atoms with Gasteiger partial charge in [-0.2, -0.15) is 10.2 Å². The van der Waals surface area contributed by atoms with Crippen LogP contribution in [0.15, 0.2) is 39.5 Å². The summed E-state index contributed by atoms with van der Waals surface area (Å²) in [4.78, 5) is 21.9. The summed E-state index contributed by atoms with van der Waals surface area (Å²) in [6.07, 6.45) is 0.730. The molecule has 7 heteroatoms. The molecule has 0 N–H and O–H groups in total. The first kappa shape index (κ1) is 19.5. The van der Waals surface area contributed by atoms with Gasteiger partial charge in [0.05, 0.1) is 18.2 Å². The zero-order valence-electron chi connectivity index (χ0n) is 16.4. The van der Waals surface area contributed by atoms with Crippen molar-refractivity contribution in [2.75, 3.05) is 6.61 Å². The average molecular weight is 378 g/mol. The van der Waals surface area contributed by atoms with Crippen LogP contribution >= 0.6 is 0 Å². The molecule has 0 bridgehead atoms. The summed E-state index contributed by atoms with van der Waals surface area (Å²) < 4.78 is 10.9. The smallest absolute Gasteiger partial charge is 0.315 e. The van der Waals surface area contributed by atoms with Gasteiger partial charge in [-0.25, -0.2) is 0 Å². The van der Waals surface area contributed by atoms with Crippen molar-refractivity contribution in [1.29, 1.82) is 5.26 Å². The molecule has 0 spiro atoms. The van der Waals surface area contributed by atoms with E-state index >= 15 is 0 Å². The molecule has 0 aliphatic carbocycles. The Bertz CT molecular complexity index is 997. The highest BCUT2D eigenvalue weighted by atomic mass is 16.5. The summed E-state index contributed by atoms with van der Waals surface area (Å²) in [7, 11) is 0. The summed E-state index contributed by atoms with van der Waals surface area (Å²) in [5.41, 5.74) is 3.35. The van der Waals surface area contributed by atoms with Crippen LogP contribution in [-0.4, -0.2) is 28.4 Å². The van der Waals surface area contributed by atoms with Gasteiger partial charge in [-0.05, 0) is 44.9 Å². The lowest BCUT2D eigenvalue weighted by molar-refractivity contribution is -0.146. The molecular weight excluding hydrogens is 356 g/mol. The standard InChI is InChI=1S/C21H22N4O3/c1-5-9-27-21(26)18-13(3)23-12(2)17(20-24-14(4)25-28-20)19(18)16-8-6-7-15(10-16)11-22/h6-8,10,18-19H,5,9H2,1-4H3. The van der Waals surface area contributed by atoms with Crippen molar-refractivity contribution in [2.24, 2.45) is 10.9 Å². The fourth-order valence-corrected chi connectivity index (χ4v) is 3.48. The van der Waals surface area contributed by atoms with Gasteiger partial charge in [-0.15, -0.1) is 0 Å². The largest absolute Gasteiger partial charge is 0.465 e. The highest BCUT2D eigenvalue weighted by molar-refractivity contribution is 6.06. The topological polar surface area (TPSA) is 101 Å². The number of aromatic nitrogens is 2. The summed E-state index contributed by atoms with van der Waals surface area (Å²) in [5, 5.41) is 13.2.